The van der Waals surface area contributed by atoms with Gasteiger partial charge in [0.15, 0.2) is 6.10 Å². The van der Waals surface area contributed by atoms with Gasteiger partial charge in [-0.05, 0) is 106 Å². The number of hydrogen-bond acceptors (Lipinski definition) is 5. The van der Waals surface area contributed by atoms with Crippen LogP contribution in [0.2, 0.25) is 0 Å². The maximum atomic E-state index is 13.9. The number of rotatable bonds is 6. The van der Waals surface area contributed by atoms with Gasteiger partial charge in [0.1, 0.15) is 0 Å². The standard InChI is InChI=1S/C35H46BrN5O4.CH4/c1-24-6-7-25(22-30(24)36)23-32(33(42)39-17-10-27(11-18-39)26-8-15-37-16-9-26)45-35(44)40-19-13-29(14-20-40)41-21-12-28-4-2-3-5-31(28)38-34(41)43;/h2-7,22,26-27,29,32,37H,8-21,23H2,1H3,(H,38,43);1H4/t32-;/m1./s1. The van der Waals surface area contributed by atoms with E-state index in [9.17, 15) is 14.4 Å². The summed E-state index contributed by atoms with van der Waals surface area (Å²) in [5.74, 6) is 1.30. The lowest BCUT2D eigenvalue weighted by atomic mass is 9.79. The number of piperidine rings is 3. The fourth-order valence-electron chi connectivity index (χ4n) is 7.56. The van der Waals surface area contributed by atoms with E-state index in [2.05, 4.69) is 32.6 Å². The number of fused-ring (bicyclic) bond motifs is 1. The molecule has 10 heteroatoms. The van der Waals surface area contributed by atoms with Crippen molar-refractivity contribution in [1.82, 2.24) is 20.0 Å². The van der Waals surface area contributed by atoms with Gasteiger partial charge in [-0.15, -0.1) is 0 Å². The second kappa shape index (κ2) is 15.7. The lowest BCUT2D eigenvalue weighted by Gasteiger charge is -2.39. The number of anilines is 1. The summed E-state index contributed by atoms with van der Waals surface area (Å²) in [5, 5.41) is 6.52. The normalized spacial score (nSPS) is 20.7. The third-order valence-corrected chi connectivity index (χ3v) is 11.2. The number of likely N-dealkylation sites (tertiary alicyclic amines) is 2. The zero-order valence-corrected chi connectivity index (χ0v) is 27.9. The Labute approximate surface area is 282 Å². The van der Waals surface area contributed by atoms with Crippen molar-refractivity contribution in [2.45, 2.75) is 77.9 Å². The molecule has 4 amide bonds. The molecule has 0 bridgehead atoms. The Balaban J connectivity index is 0.00000417. The molecule has 0 aromatic heterocycles. The summed E-state index contributed by atoms with van der Waals surface area (Å²) in [6.07, 6.45) is 5.60. The van der Waals surface area contributed by atoms with Crippen LogP contribution in [0.25, 0.3) is 0 Å². The van der Waals surface area contributed by atoms with Gasteiger partial charge < -0.3 is 30.1 Å². The van der Waals surface area contributed by atoms with Crippen molar-refractivity contribution in [3.8, 4) is 0 Å². The van der Waals surface area contributed by atoms with Crippen LogP contribution in [-0.4, -0.2) is 90.7 Å². The molecule has 46 heavy (non-hydrogen) atoms. The van der Waals surface area contributed by atoms with E-state index >= 15 is 0 Å². The maximum absolute atomic E-state index is 13.9. The molecule has 0 aliphatic carbocycles. The molecule has 250 valence electrons. The predicted molar refractivity (Wildman–Crippen MR) is 185 cm³/mol. The topological polar surface area (TPSA) is 94.2 Å². The van der Waals surface area contributed by atoms with Crippen LogP contribution < -0.4 is 10.6 Å². The molecular weight excluding hydrogens is 646 g/mol. The molecule has 0 saturated carbocycles. The van der Waals surface area contributed by atoms with E-state index in [4.69, 9.17) is 4.74 Å². The average molecular weight is 697 g/mol. The minimum absolute atomic E-state index is 0. The fourth-order valence-corrected chi connectivity index (χ4v) is 7.99. The molecule has 0 spiro atoms. The second-order valence-electron chi connectivity index (χ2n) is 13.2. The highest BCUT2D eigenvalue weighted by molar-refractivity contribution is 9.10. The maximum Gasteiger partial charge on any atom is 0.410 e. The minimum atomic E-state index is -0.879. The van der Waals surface area contributed by atoms with Crippen LogP contribution in [0.15, 0.2) is 46.9 Å². The number of ether oxygens (including phenoxy) is 1. The molecule has 9 nitrogen and oxygen atoms in total. The van der Waals surface area contributed by atoms with Crippen molar-refractivity contribution in [2.75, 3.05) is 51.1 Å². The highest BCUT2D eigenvalue weighted by Gasteiger charge is 2.36. The highest BCUT2D eigenvalue weighted by Crippen LogP contribution is 2.32. The molecule has 3 saturated heterocycles. The minimum Gasteiger partial charge on any atom is -0.436 e. The van der Waals surface area contributed by atoms with Gasteiger partial charge in [0, 0.05) is 55.3 Å². The molecule has 0 radical (unpaired) electrons. The Morgan fingerprint density at radius 1 is 0.913 bits per heavy atom. The predicted octanol–water partition coefficient (Wildman–Crippen LogP) is 6.23. The number of para-hydroxylation sites is 1. The van der Waals surface area contributed by atoms with Gasteiger partial charge in [0.25, 0.3) is 5.91 Å². The van der Waals surface area contributed by atoms with E-state index in [1.54, 1.807) is 4.90 Å². The van der Waals surface area contributed by atoms with E-state index in [-0.39, 0.29) is 25.4 Å². The summed E-state index contributed by atoms with van der Waals surface area (Å²) in [5.41, 5.74) is 4.08. The third-order valence-electron chi connectivity index (χ3n) is 10.4. The van der Waals surface area contributed by atoms with Gasteiger partial charge in [0.2, 0.25) is 0 Å². The summed E-state index contributed by atoms with van der Waals surface area (Å²) in [4.78, 5) is 46.1. The summed E-state index contributed by atoms with van der Waals surface area (Å²) in [6.45, 7) is 7.25. The Bertz CT molecular complexity index is 1370. The van der Waals surface area contributed by atoms with Crippen molar-refractivity contribution in [3.05, 3.63) is 63.6 Å². The summed E-state index contributed by atoms with van der Waals surface area (Å²) < 4.78 is 7.04. The largest absolute Gasteiger partial charge is 0.436 e. The first-order valence-electron chi connectivity index (χ1n) is 16.7. The molecule has 4 aliphatic heterocycles. The van der Waals surface area contributed by atoms with Crippen LogP contribution in [0.4, 0.5) is 15.3 Å². The molecule has 6 rings (SSSR count). The molecule has 1 atom stereocenters. The van der Waals surface area contributed by atoms with E-state index < -0.39 is 12.2 Å². The van der Waals surface area contributed by atoms with Gasteiger partial charge in [0.05, 0.1) is 0 Å². The van der Waals surface area contributed by atoms with E-state index in [0.29, 0.717) is 57.9 Å². The Kier molecular flexibility index (Phi) is 11.6. The number of nitrogens with zero attached hydrogens (tertiary/aromatic N) is 3. The molecule has 4 aliphatic rings. The molecular formula is C36H50BrN5O4. The monoisotopic (exact) mass is 695 g/mol. The van der Waals surface area contributed by atoms with E-state index in [1.807, 2.05) is 53.1 Å². The first-order chi connectivity index (χ1) is 21.9. The number of aryl methyl sites for hydroxylation is 1. The zero-order chi connectivity index (χ0) is 31.3. The smallest absolute Gasteiger partial charge is 0.410 e. The highest BCUT2D eigenvalue weighted by atomic mass is 79.9. The molecule has 4 heterocycles. The van der Waals surface area contributed by atoms with Gasteiger partial charge in [-0.1, -0.05) is 53.7 Å². The second-order valence-corrected chi connectivity index (χ2v) is 14.0. The van der Waals surface area contributed by atoms with Crippen molar-refractivity contribution in [1.29, 1.82) is 0 Å². The van der Waals surface area contributed by atoms with Crippen molar-refractivity contribution < 1.29 is 19.1 Å². The van der Waals surface area contributed by atoms with Crippen molar-refractivity contribution >= 4 is 39.6 Å². The number of halogens is 1. The quantitative estimate of drug-likeness (QED) is 0.374. The van der Waals surface area contributed by atoms with Gasteiger partial charge in [-0.25, -0.2) is 9.59 Å². The first-order valence-corrected chi connectivity index (χ1v) is 17.5. The Morgan fingerprint density at radius 3 is 2.30 bits per heavy atom. The van der Waals surface area contributed by atoms with Crippen LogP contribution in [0.3, 0.4) is 0 Å². The summed E-state index contributed by atoms with van der Waals surface area (Å²) in [6, 6.07) is 13.9. The number of nitrogens with one attached hydrogen (secondary N) is 2. The Morgan fingerprint density at radius 2 is 1.59 bits per heavy atom. The van der Waals surface area contributed by atoms with Crippen LogP contribution in [0, 0.1) is 18.8 Å². The van der Waals surface area contributed by atoms with Crippen molar-refractivity contribution in [3.63, 3.8) is 0 Å². The number of carbonyl (C=O) groups is 3. The molecule has 0 unspecified atom stereocenters. The number of hydrogen-bond donors (Lipinski definition) is 2. The SMILES string of the molecule is C.Cc1ccc(C[C@@H](OC(=O)N2CCC(N3CCc4ccccc4NC3=O)CC2)C(=O)N2CCC(C3CCNCC3)CC2)cc1Br. The molecule has 3 fully saturated rings. The number of amides is 4. The van der Waals surface area contributed by atoms with E-state index in [0.717, 1.165) is 65.1 Å². The Hall–Kier alpha value is -3.11. The number of benzene rings is 2. The molecule has 2 aromatic carbocycles. The van der Waals surface area contributed by atoms with Crippen LogP contribution in [-0.2, 0) is 22.4 Å². The fraction of sp³-hybridized carbons (Fsp3) is 0.583. The lowest BCUT2D eigenvalue weighted by Crippen LogP contribution is -2.52. The summed E-state index contributed by atoms with van der Waals surface area (Å²) in [7, 11) is 0. The number of carbonyl (C=O) groups excluding carboxylic acids is 3. The van der Waals surface area contributed by atoms with Crippen LogP contribution in [0.1, 0.15) is 62.6 Å². The van der Waals surface area contributed by atoms with Gasteiger partial charge in [-0.2, -0.15) is 0 Å². The molecule has 2 aromatic rings. The van der Waals surface area contributed by atoms with Gasteiger partial charge >= 0.3 is 12.1 Å². The third kappa shape index (κ3) is 8.05. The van der Waals surface area contributed by atoms with Crippen molar-refractivity contribution in [2.24, 2.45) is 11.8 Å². The first kappa shape index (κ1) is 34.2. The average Bonchev–Trinajstić information content (AvgIpc) is 3.24. The zero-order valence-electron chi connectivity index (χ0n) is 26.3. The van der Waals surface area contributed by atoms with Crippen LogP contribution >= 0.6 is 15.9 Å². The summed E-state index contributed by atoms with van der Waals surface area (Å²) >= 11 is 3.62. The lowest BCUT2D eigenvalue weighted by molar-refractivity contribution is -0.142. The van der Waals surface area contributed by atoms with E-state index in [1.165, 1.54) is 12.8 Å². The van der Waals surface area contributed by atoms with Crippen LogP contribution in [0.5, 0.6) is 0 Å². The number of urea groups is 1. The van der Waals surface area contributed by atoms with Gasteiger partial charge in [-0.3, -0.25) is 4.79 Å². The molecule has 2 N–H and O–H groups in total.